The number of likely N-dealkylation sites (N-methyl/N-ethyl adjacent to an activating group) is 1. The molecule has 0 bridgehead atoms. The Balaban J connectivity index is 1.06. The average Bonchev–Trinajstić information content (AvgIpc) is 3.37. The summed E-state index contributed by atoms with van der Waals surface area (Å²) in [7, 11) is 1.72. The van der Waals surface area contributed by atoms with Crippen LogP contribution in [-0.2, 0) is 33.2 Å². The van der Waals surface area contributed by atoms with Crippen LogP contribution in [0.5, 0.6) is 0 Å². The molecule has 10 heteroatoms. The molecule has 0 radical (unpaired) electrons. The first-order valence-corrected chi connectivity index (χ1v) is 16.3. The minimum Gasteiger partial charge on any atom is -0.448 e. The van der Waals surface area contributed by atoms with Gasteiger partial charge in [0.2, 0.25) is 0 Å². The molecule has 2 aromatic carbocycles. The molecule has 44 heavy (non-hydrogen) atoms. The van der Waals surface area contributed by atoms with Gasteiger partial charge >= 0.3 is 6.09 Å². The van der Waals surface area contributed by atoms with Gasteiger partial charge in [-0.25, -0.2) is 4.79 Å². The van der Waals surface area contributed by atoms with E-state index in [1.165, 1.54) is 33.6 Å². The van der Waals surface area contributed by atoms with Crippen molar-refractivity contribution in [2.75, 3.05) is 105 Å². The third-order valence-electron chi connectivity index (χ3n) is 7.25. The molecule has 0 unspecified atom stereocenters. The number of unbranched alkanes of at least 4 members (excludes halogenated alkanes) is 3. The molecule has 1 aliphatic rings. The number of amides is 1. The van der Waals surface area contributed by atoms with Crippen LogP contribution in [0.1, 0.15) is 42.7 Å². The third-order valence-corrected chi connectivity index (χ3v) is 7.52. The van der Waals surface area contributed by atoms with Gasteiger partial charge in [-0.05, 0) is 35.1 Å². The molecular formula is C34H50ClNO8. The van der Waals surface area contributed by atoms with Crippen molar-refractivity contribution in [3.8, 4) is 11.1 Å². The Morgan fingerprint density at radius 2 is 1.05 bits per heavy atom. The number of halogens is 1. The summed E-state index contributed by atoms with van der Waals surface area (Å²) in [6.07, 6.45) is 4.13. The summed E-state index contributed by atoms with van der Waals surface area (Å²) in [6, 6.07) is 16.6. The molecule has 0 aliphatic heterocycles. The molecule has 0 fully saturated rings. The standard InChI is InChI=1S/C34H50ClNO8/c1-36(34(37)44-28-33-31-12-6-4-10-29(31)30-11-5-7-13-32(30)33)15-17-39-19-21-41-23-25-43-27-26-42-24-22-40-20-18-38-16-9-3-2-8-14-35/h4-7,10-13,33H,2-3,8-9,14-28H2,1H3. The van der Waals surface area contributed by atoms with Crippen molar-refractivity contribution in [1.82, 2.24) is 4.90 Å². The van der Waals surface area contributed by atoms with Crippen LogP contribution in [0.4, 0.5) is 4.79 Å². The highest BCUT2D eigenvalue weighted by molar-refractivity contribution is 6.17. The van der Waals surface area contributed by atoms with E-state index in [0.29, 0.717) is 85.8 Å². The number of carbonyl (C=O) groups excluding carboxylic acids is 1. The quantitative estimate of drug-likeness (QED) is 0.0952. The first-order chi connectivity index (χ1) is 21.7. The molecule has 1 amide bonds. The van der Waals surface area contributed by atoms with Crippen molar-refractivity contribution in [3.05, 3.63) is 59.7 Å². The van der Waals surface area contributed by atoms with Crippen molar-refractivity contribution in [2.45, 2.75) is 31.6 Å². The van der Waals surface area contributed by atoms with E-state index in [1.54, 1.807) is 7.05 Å². The molecule has 1 aliphatic carbocycles. The molecule has 0 saturated heterocycles. The number of nitrogens with zero attached hydrogens (tertiary/aromatic N) is 1. The number of ether oxygens (including phenoxy) is 7. The summed E-state index contributed by atoms with van der Waals surface area (Å²) in [5.74, 6) is 0.789. The zero-order valence-corrected chi connectivity index (χ0v) is 27.0. The number of hydrogen-bond donors (Lipinski definition) is 0. The van der Waals surface area contributed by atoms with Crippen molar-refractivity contribution < 1.29 is 38.0 Å². The molecule has 246 valence electrons. The fourth-order valence-corrected chi connectivity index (χ4v) is 5.04. The highest BCUT2D eigenvalue weighted by Gasteiger charge is 2.29. The predicted octanol–water partition coefficient (Wildman–Crippen LogP) is 5.77. The topological polar surface area (TPSA) is 84.9 Å². The van der Waals surface area contributed by atoms with E-state index in [4.69, 9.17) is 44.8 Å². The van der Waals surface area contributed by atoms with Gasteiger partial charge in [-0.3, -0.25) is 0 Å². The fraction of sp³-hybridized carbons (Fsp3) is 0.618. The highest BCUT2D eigenvalue weighted by Crippen LogP contribution is 2.44. The van der Waals surface area contributed by atoms with Gasteiger partial charge in [0.1, 0.15) is 6.61 Å². The van der Waals surface area contributed by atoms with E-state index >= 15 is 0 Å². The van der Waals surface area contributed by atoms with E-state index in [-0.39, 0.29) is 12.0 Å². The Kier molecular flexibility index (Phi) is 19.1. The van der Waals surface area contributed by atoms with Crippen LogP contribution in [0.25, 0.3) is 11.1 Å². The number of benzene rings is 2. The van der Waals surface area contributed by atoms with E-state index in [0.717, 1.165) is 31.7 Å². The maximum atomic E-state index is 12.6. The smallest absolute Gasteiger partial charge is 0.409 e. The van der Waals surface area contributed by atoms with Gasteiger partial charge in [-0.2, -0.15) is 0 Å². The summed E-state index contributed by atoms with van der Waals surface area (Å²) in [6.45, 7) is 7.11. The Labute approximate surface area is 268 Å². The first kappa shape index (κ1) is 36.2. The Hall–Kier alpha value is -2.24. The number of rotatable bonds is 26. The van der Waals surface area contributed by atoms with Crippen LogP contribution in [0.2, 0.25) is 0 Å². The van der Waals surface area contributed by atoms with Crippen LogP contribution in [0.15, 0.2) is 48.5 Å². The lowest BCUT2D eigenvalue weighted by Crippen LogP contribution is -2.32. The van der Waals surface area contributed by atoms with Crippen LogP contribution in [0, 0.1) is 0 Å². The van der Waals surface area contributed by atoms with Crippen LogP contribution in [0.3, 0.4) is 0 Å². The van der Waals surface area contributed by atoms with E-state index in [2.05, 4.69) is 24.3 Å². The summed E-state index contributed by atoms with van der Waals surface area (Å²) < 4.78 is 38.8. The van der Waals surface area contributed by atoms with E-state index < -0.39 is 0 Å². The van der Waals surface area contributed by atoms with Crippen molar-refractivity contribution in [3.63, 3.8) is 0 Å². The summed E-state index contributed by atoms with van der Waals surface area (Å²) in [5, 5.41) is 0. The van der Waals surface area contributed by atoms with Gasteiger partial charge in [0, 0.05) is 32.0 Å². The van der Waals surface area contributed by atoms with Gasteiger partial charge in [0.25, 0.3) is 0 Å². The second-order valence-corrected chi connectivity index (χ2v) is 10.9. The van der Waals surface area contributed by atoms with Crippen LogP contribution in [-0.4, -0.2) is 116 Å². The molecule has 0 N–H and O–H groups in total. The molecule has 3 rings (SSSR count). The molecule has 2 aromatic rings. The Morgan fingerprint density at radius 1 is 0.614 bits per heavy atom. The minimum atomic E-state index is -0.356. The molecule has 0 atom stereocenters. The molecule has 0 aromatic heterocycles. The van der Waals surface area contributed by atoms with Crippen LogP contribution < -0.4 is 0 Å². The summed E-state index contributed by atoms with van der Waals surface area (Å²) >= 11 is 5.66. The predicted molar refractivity (Wildman–Crippen MR) is 172 cm³/mol. The molecule has 0 saturated carbocycles. The zero-order chi connectivity index (χ0) is 31.1. The van der Waals surface area contributed by atoms with Crippen molar-refractivity contribution in [1.29, 1.82) is 0 Å². The van der Waals surface area contributed by atoms with E-state index in [1.807, 2.05) is 24.3 Å². The number of carbonyl (C=O) groups is 1. The van der Waals surface area contributed by atoms with Crippen molar-refractivity contribution in [2.24, 2.45) is 0 Å². The number of hydrogen-bond acceptors (Lipinski definition) is 8. The van der Waals surface area contributed by atoms with Gasteiger partial charge in [-0.15, -0.1) is 11.6 Å². The summed E-state index contributed by atoms with van der Waals surface area (Å²) in [4.78, 5) is 14.1. The molecule has 0 heterocycles. The monoisotopic (exact) mass is 635 g/mol. The van der Waals surface area contributed by atoms with E-state index in [9.17, 15) is 4.79 Å². The maximum Gasteiger partial charge on any atom is 0.409 e. The van der Waals surface area contributed by atoms with Gasteiger partial charge < -0.3 is 38.1 Å². The van der Waals surface area contributed by atoms with Gasteiger partial charge in [0.05, 0.1) is 72.7 Å². The third kappa shape index (κ3) is 13.8. The molecular weight excluding hydrogens is 586 g/mol. The second-order valence-electron chi connectivity index (χ2n) is 10.5. The normalized spacial score (nSPS) is 12.3. The lowest BCUT2D eigenvalue weighted by Gasteiger charge is -2.19. The molecule has 0 spiro atoms. The number of alkyl halides is 1. The van der Waals surface area contributed by atoms with Crippen molar-refractivity contribution >= 4 is 17.7 Å². The number of fused-ring (bicyclic) bond motifs is 3. The highest BCUT2D eigenvalue weighted by atomic mass is 35.5. The Morgan fingerprint density at radius 3 is 1.55 bits per heavy atom. The summed E-state index contributed by atoms with van der Waals surface area (Å²) in [5.41, 5.74) is 4.82. The first-order valence-electron chi connectivity index (χ1n) is 15.8. The fourth-order valence-electron chi connectivity index (χ4n) is 4.85. The lowest BCUT2D eigenvalue weighted by atomic mass is 9.98. The molecule has 9 nitrogen and oxygen atoms in total. The lowest BCUT2D eigenvalue weighted by molar-refractivity contribution is -0.0174. The average molecular weight is 636 g/mol. The van der Waals surface area contributed by atoms with Crippen LogP contribution >= 0.6 is 11.6 Å². The largest absolute Gasteiger partial charge is 0.448 e. The SMILES string of the molecule is CN(CCOCCOCCOCCOCCOCCOCCCCCCCl)C(=O)OCC1c2ccccc2-c2ccccc21. The second kappa shape index (κ2) is 23.1. The Bertz CT molecular complexity index is 996. The zero-order valence-electron chi connectivity index (χ0n) is 26.2. The van der Waals surface area contributed by atoms with Gasteiger partial charge in [-0.1, -0.05) is 61.4 Å². The maximum absolute atomic E-state index is 12.6. The van der Waals surface area contributed by atoms with Gasteiger partial charge in [0.15, 0.2) is 0 Å². The minimum absolute atomic E-state index is 0.0480.